The number of H-pyrrole nitrogens is 1. The molecular formula is C17H15ClN2O3S. The van der Waals surface area contributed by atoms with Crippen molar-refractivity contribution in [3.63, 3.8) is 0 Å². The Kier molecular flexibility index (Phi) is 4.51. The fourth-order valence-corrected chi connectivity index (χ4v) is 3.57. The van der Waals surface area contributed by atoms with Gasteiger partial charge in [0, 0.05) is 16.3 Å². The van der Waals surface area contributed by atoms with Crippen LogP contribution in [0.2, 0.25) is 5.02 Å². The highest BCUT2D eigenvalue weighted by molar-refractivity contribution is 7.99. The first kappa shape index (κ1) is 16.8. The summed E-state index contributed by atoms with van der Waals surface area (Å²) < 4.78 is 5.58. The number of hydrogen-bond donors (Lipinski definition) is 1. The van der Waals surface area contributed by atoms with Gasteiger partial charge in [-0.3, -0.25) is 9.59 Å². The molecule has 5 nitrogen and oxygen atoms in total. The molecule has 0 radical (unpaired) electrons. The summed E-state index contributed by atoms with van der Waals surface area (Å²) in [7, 11) is 0. The number of benzene rings is 1. The predicted octanol–water partition coefficient (Wildman–Crippen LogP) is 4.60. The molecule has 124 valence electrons. The van der Waals surface area contributed by atoms with Crippen LogP contribution in [0.25, 0.3) is 11.1 Å². The van der Waals surface area contributed by atoms with Gasteiger partial charge in [0.2, 0.25) is 0 Å². The number of halogens is 1. The largest absolute Gasteiger partial charge is 0.431 e. The van der Waals surface area contributed by atoms with Crippen molar-refractivity contribution in [2.24, 2.45) is 0 Å². The van der Waals surface area contributed by atoms with Gasteiger partial charge >= 0.3 is 0 Å². The summed E-state index contributed by atoms with van der Waals surface area (Å²) in [5, 5.41) is 0.992. The Bertz CT molecular complexity index is 958. The molecule has 0 aliphatic rings. The highest BCUT2D eigenvalue weighted by Gasteiger charge is 2.20. The first-order chi connectivity index (χ1) is 11.4. The second-order valence-corrected chi connectivity index (χ2v) is 6.85. The number of oxazole rings is 1. The van der Waals surface area contributed by atoms with Crippen molar-refractivity contribution >= 4 is 46.0 Å². The second-order valence-electron chi connectivity index (χ2n) is 5.48. The first-order valence-corrected chi connectivity index (χ1v) is 8.65. The zero-order valence-electron chi connectivity index (χ0n) is 13.4. The van der Waals surface area contributed by atoms with Gasteiger partial charge in [-0.2, -0.15) is 0 Å². The maximum atomic E-state index is 12.4. The zero-order chi connectivity index (χ0) is 17.4. The van der Waals surface area contributed by atoms with E-state index in [2.05, 4.69) is 9.97 Å². The number of fused-ring (bicyclic) bond motifs is 1. The molecule has 2 aromatic heterocycles. The number of nitrogens with one attached hydrogen (secondary N) is 1. The highest BCUT2D eigenvalue weighted by Crippen LogP contribution is 2.27. The van der Waals surface area contributed by atoms with Gasteiger partial charge in [0.15, 0.2) is 17.1 Å². The Balaban J connectivity index is 1.77. The Labute approximate surface area is 147 Å². The Morgan fingerprint density at radius 2 is 2.08 bits per heavy atom. The minimum Gasteiger partial charge on any atom is -0.431 e. The van der Waals surface area contributed by atoms with Crippen molar-refractivity contribution in [1.82, 2.24) is 9.97 Å². The number of carbonyl (C=O) groups is 2. The fraction of sp³-hybridized carbons (Fsp3) is 0.235. The summed E-state index contributed by atoms with van der Waals surface area (Å²) >= 11 is 7.13. The Hall–Kier alpha value is -2.05. The van der Waals surface area contributed by atoms with Crippen molar-refractivity contribution < 1.29 is 14.0 Å². The van der Waals surface area contributed by atoms with Gasteiger partial charge in [-0.1, -0.05) is 23.4 Å². The highest BCUT2D eigenvalue weighted by atomic mass is 35.5. The lowest BCUT2D eigenvalue weighted by molar-refractivity contribution is 0.101. The summed E-state index contributed by atoms with van der Waals surface area (Å²) in [6.45, 7) is 5.06. The van der Waals surface area contributed by atoms with Gasteiger partial charge in [-0.15, -0.1) is 0 Å². The number of aryl methyl sites for hydroxylation is 1. The number of carbonyl (C=O) groups excluding carboxylic acids is 2. The first-order valence-electron chi connectivity index (χ1n) is 7.29. The zero-order valence-corrected chi connectivity index (χ0v) is 15.0. The van der Waals surface area contributed by atoms with E-state index in [1.807, 2.05) is 0 Å². The molecule has 1 aromatic carbocycles. The molecule has 0 spiro atoms. The molecule has 3 aromatic rings. The third-order valence-electron chi connectivity index (χ3n) is 3.73. The summed E-state index contributed by atoms with van der Waals surface area (Å²) in [5.41, 5.74) is 3.73. The quantitative estimate of drug-likeness (QED) is 0.530. The molecule has 0 saturated carbocycles. The third kappa shape index (κ3) is 3.12. The van der Waals surface area contributed by atoms with Gasteiger partial charge in [0.05, 0.1) is 11.4 Å². The minimum absolute atomic E-state index is 0.0521. The van der Waals surface area contributed by atoms with Crippen LogP contribution in [0, 0.1) is 13.8 Å². The van der Waals surface area contributed by atoms with Crippen LogP contribution < -0.4 is 0 Å². The van der Waals surface area contributed by atoms with Crippen molar-refractivity contribution in [2.45, 2.75) is 26.0 Å². The Morgan fingerprint density at radius 3 is 2.75 bits per heavy atom. The summed E-state index contributed by atoms with van der Waals surface area (Å²) in [4.78, 5) is 31.4. The van der Waals surface area contributed by atoms with Gasteiger partial charge in [0.1, 0.15) is 5.52 Å². The molecule has 0 fully saturated rings. The minimum atomic E-state index is -0.103. The van der Waals surface area contributed by atoms with E-state index in [9.17, 15) is 9.59 Å². The molecule has 1 N–H and O–H groups in total. The molecule has 3 rings (SSSR count). The van der Waals surface area contributed by atoms with Crippen LogP contribution >= 0.6 is 23.4 Å². The molecule has 0 saturated heterocycles. The van der Waals surface area contributed by atoms with Crippen LogP contribution in [0.3, 0.4) is 0 Å². The molecule has 0 atom stereocenters. The summed E-state index contributed by atoms with van der Waals surface area (Å²) in [5.74, 6) is 0.00997. The number of hydrogen-bond acceptors (Lipinski definition) is 5. The van der Waals surface area contributed by atoms with Gasteiger partial charge < -0.3 is 9.40 Å². The summed E-state index contributed by atoms with van der Waals surface area (Å²) in [6.07, 6.45) is 0. The van der Waals surface area contributed by atoms with E-state index in [0.717, 1.165) is 0 Å². The maximum absolute atomic E-state index is 12.4. The number of ketones is 2. The predicted molar refractivity (Wildman–Crippen MR) is 94.3 cm³/mol. The van der Waals surface area contributed by atoms with Gasteiger partial charge in [-0.05, 0) is 44.5 Å². The molecular weight excluding hydrogens is 348 g/mol. The normalized spacial score (nSPS) is 11.2. The van der Waals surface area contributed by atoms with E-state index < -0.39 is 0 Å². The smallest absolute Gasteiger partial charge is 0.257 e. The number of Topliss-reactive ketones (excluding diaryl/α,β-unsaturated/α-hetero) is 2. The van der Waals surface area contributed by atoms with Gasteiger partial charge in [-0.25, -0.2) is 4.98 Å². The van der Waals surface area contributed by atoms with E-state index in [1.54, 1.807) is 32.0 Å². The lowest BCUT2D eigenvalue weighted by atomic mass is 10.1. The van der Waals surface area contributed by atoms with E-state index in [-0.39, 0.29) is 17.3 Å². The molecule has 0 amide bonds. The lowest BCUT2D eigenvalue weighted by Gasteiger charge is -1.99. The van der Waals surface area contributed by atoms with Crippen LogP contribution in [0.4, 0.5) is 0 Å². The molecule has 7 heteroatoms. The van der Waals surface area contributed by atoms with Crippen molar-refractivity contribution in [2.75, 3.05) is 5.75 Å². The number of rotatable bonds is 5. The molecule has 0 unspecified atom stereocenters. The number of thioether (sulfide) groups is 1. The lowest BCUT2D eigenvalue weighted by Crippen LogP contribution is -2.05. The van der Waals surface area contributed by atoms with Crippen LogP contribution in [0.5, 0.6) is 0 Å². The van der Waals surface area contributed by atoms with Crippen LogP contribution in [-0.4, -0.2) is 27.3 Å². The molecule has 24 heavy (non-hydrogen) atoms. The molecule has 0 aliphatic heterocycles. The third-order valence-corrected chi connectivity index (χ3v) is 4.79. The van der Waals surface area contributed by atoms with E-state index in [0.29, 0.717) is 43.9 Å². The van der Waals surface area contributed by atoms with Crippen molar-refractivity contribution in [1.29, 1.82) is 0 Å². The average molecular weight is 363 g/mol. The maximum Gasteiger partial charge on any atom is 0.257 e. The van der Waals surface area contributed by atoms with Crippen molar-refractivity contribution in [3.05, 3.63) is 45.7 Å². The number of nitrogens with zero attached hydrogens (tertiary/aromatic N) is 1. The van der Waals surface area contributed by atoms with E-state index in [4.69, 9.17) is 16.0 Å². The van der Waals surface area contributed by atoms with Crippen LogP contribution in [0.15, 0.2) is 27.8 Å². The van der Waals surface area contributed by atoms with E-state index in [1.165, 1.54) is 18.7 Å². The van der Waals surface area contributed by atoms with Crippen LogP contribution in [0.1, 0.15) is 39.0 Å². The molecule has 0 aliphatic carbocycles. The van der Waals surface area contributed by atoms with Crippen molar-refractivity contribution in [3.8, 4) is 0 Å². The Morgan fingerprint density at radius 1 is 1.33 bits per heavy atom. The SMILES string of the molecule is CC(=O)c1c(C)[nH]c(C(=O)CSc2nc3cc(Cl)ccc3o2)c1C. The fourth-order valence-electron chi connectivity index (χ4n) is 2.70. The van der Waals surface area contributed by atoms with E-state index >= 15 is 0 Å². The average Bonchev–Trinajstić information content (AvgIpc) is 3.04. The molecule has 0 bridgehead atoms. The van der Waals surface area contributed by atoms with Crippen LogP contribution in [-0.2, 0) is 0 Å². The molecule has 2 heterocycles. The second kappa shape index (κ2) is 6.45. The summed E-state index contributed by atoms with van der Waals surface area (Å²) in [6, 6.07) is 5.18. The number of aromatic amines is 1. The topological polar surface area (TPSA) is 76.0 Å². The van der Waals surface area contributed by atoms with Gasteiger partial charge in [0.25, 0.3) is 5.22 Å². The number of aromatic nitrogens is 2. The standard InChI is InChI=1S/C17H15ClN2O3S/c1-8-15(10(3)21)9(2)19-16(8)13(22)7-24-17-20-12-6-11(18)4-5-14(12)23-17/h4-6,19H,7H2,1-3H3. The monoisotopic (exact) mass is 362 g/mol.